The van der Waals surface area contributed by atoms with Crippen LogP contribution in [-0.4, -0.2) is 39.4 Å². The monoisotopic (exact) mass is 361 g/mol. The predicted octanol–water partition coefficient (Wildman–Crippen LogP) is 3.74. The summed E-state index contributed by atoms with van der Waals surface area (Å²) in [6.45, 7) is 8.22. The lowest BCUT2D eigenvalue weighted by atomic mass is 9.83. The fourth-order valence-corrected chi connectivity index (χ4v) is 3.68. The van der Waals surface area contributed by atoms with E-state index in [0.717, 1.165) is 50.0 Å². The van der Waals surface area contributed by atoms with E-state index in [1.165, 1.54) is 25.7 Å². The average Bonchev–Trinajstić information content (AvgIpc) is 3.13. The number of hydrogen-bond acceptors (Lipinski definition) is 3. The molecule has 26 heavy (non-hydrogen) atoms. The molecule has 2 rings (SSSR count). The highest BCUT2D eigenvalue weighted by atomic mass is 16.5. The van der Waals surface area contributed by atoms with Crippen molar-refractivity contribution in [3.63, 3.8) is 0 Å². The van der Waals surface area contributed by atoms with Crippen molar-refractivity contribution in [1.82, 2.24) is 10.6 Å². The molecule has 0 amide bonds. The molecule has 0 unspecified atom stereocenters. The van der Waals surface area contributed by atoms with Gasteiger partial charge in [-0.3, -0.25) is 0 Å². The van der Waals surface area contributed by atoms with Crippen molar-refractivity contribution in [2.45, 2.75) is 52.5 Å². The molecule has 0 aliphatic heterocycles. The number of hydrogen-bond donors (Lipinski definition) is 2. The standard InChI is InChI=1S/C21H35N3O2/c1-4-22-20(23-16-18-10-6-7-11-19(18)25-3)24-17-21(12-8-9-13-21)14-15-26-5-2/h6-7,10-11H,4-5,8-9,12-17H2,1-3H3,(H2,22,23,24). The lowest BCUT2D eigenvalue weighted by Gasteiger charge is -2.30. The summed E-state index contributed by atoms with van der Waals surface area (Å²) in [6, 6.07) is 8.05. The summed E-state index contributed by atoms with van der Waals surface area (Å²) in [6.07, 6.45) is 6.32. The molecular formula is C21H35N3O2. The highest BCUT2D eigenvalue weighted by molar-refractivity contribution is 5.79. The van der Waals surface area contributed by atoms with Crippen molar-refractivity contribution < 1.29 is 9.47 Å². The van der Waals surface area contributed by atoms with Crippen LogP contribution in [0.15, 0.2) is 29.3 Å². The quantitative estimate of drug-likeness (QED) is 0.379. The zero-order valence-corrected chi connectivity index (χ0v) is 16.6. The summed E-state index contributed by atoms with van der Waals surface area (Å²) in [5.41, 5.74) is 1.44. The van der Waals surface area contributed by atoms with E-state index < -0.39 is 0 Å². The molecule has 0 saturated heterocycles. The van der Waals surface area contributed by atoms with Gasteiger partial charge in [0.15, 0.2) is 5.96 Å². The van der Waals surface area contributed by atoms with Crippen LogP contribution in [-0.2, 0) is 11.3 Å². The van der Waals surface area contributed by atoms with Crippen molar-refractivity contribution >= 4 is 5.96 Å². The van der Waals surface area contributed by atoms with Crippen molar-refractivity contribution in [3.05, 3.63) is 29.8 Å². The number of nitrogens with one attached hydrogen (secondary N) is 2. The molecule has 1 aliphatic rings. The Morgan fingerprint density at radius 2 is 1.92 bits per heavy atom. The van der Waals surface area contributed by atoms with Gasteiger partial charge in [0.2, 0.25) is 0 Å². The van der Waals surface area contributed by atoms with E-state index in [4.69, 9.17) is 14.5 Å². The molecule has 5 heteroatoms. The number of para-hydroxylation sites is 1. The maximum absolute atomic E-state index is 5.62. The van der Waals surface area contributed by atoms with Crippen LogP contribution in [0.3, 0.4) is 0 Å². The molecule has 0 radical (unpaired) electrons. The fourth-order valence-electron chi connectivity index (χ4n) is 3.68. The topological polar surface area (TPSA) is 54.9 Å². The Balaban J connectivity index is 1.97. The van der Waals surface area contributed by atoms with Gasteiger partial charge in [0.05, 0.1) is 13.7 Å². The molecule has 2 N–H and O–H groups in total. The molecule has 0 heterocycles. The smallest absolute Gasteiger partial charge is 0.191 e. The predicted molar refractivity (Wildman–Crippen MR) is 108 cm³/mol. The van der Waals surface area contributed by atoms with Gasteiger partial charge in [-0.1, -0.05) is 31.0 Å². The van der Waals surface area contributed by atoms with Crippen LogP contribution in [0, 0.1) is 5.41 Å². The van der Waals surface area contributed by atoms with Crippen molar-refractivity contribution in [3.8, 4) is 5.75 Å². The molecule has 1 saturated carbocycles. The SMILES string of the molecule is CCNC(=NCc1ccccc1OC)NCC1(CCOCC)CCCC1. The Morgan fingerprint density at radius 1 is 1.15 bits per heavy atom. The Labute approximate surface area is 158 Å². The minimum absolute atomic E-state index is 0.343. The number of nitrogens with zero attached hydrogens (tertiary/aromatic N) is 1. The van der Waals surface area contributed by atoms with Crippen LogP contribution in [0.5, 0.6) is 5.75 Å². The third-order valence-corrected chi connectivity index (χ3v) is 5.22. The molecule has 0 spiro atoms. The van der Waals surface area contributed by atoms with Crippen LogP contribution in [0.1, 0.15) is 51.5 Å². The van der Waals surface area contributed by atoms with Crippen molar-refractivity contribution in [1.29, 1.82) is 0 Å². The maximum atomic E-state index is 5.62. The van der Waals surface area contributed by atoms with E-state index in [1.54, 1.807) is 7.11 Å². The van der Waals surface area contributed by atoms with Crippen LogP contribution < -0.4 is 15.4 Å². The zero-order chi connectivity index (χ0) is 18.7. The minimum Gasteiger partial charge on any atom is -0.496 e. The Hall–Kier alpha value is -1.75. The van der Waals surface area contributed by atoms with Gasteiger partial charge in [0, 0.05) is 31.9 Å². The molecule has 0 bridgehead atoms. The molecule has 1 aromatic carbocycles. The van der Waals surface area contributed by atoms with Crippen molar-refractivity contribution in [2.24, 2.45) is 10.4 Å². The van der Waals surface area contributed by atoms with E-state index in [2.05, 4.69) is 30.5 Å². The van der Waals surface area contributed by atoms with Gasteiger partial charge in [-0.2, -0.15) is 0 Å². The molecule has 146 valence electrons. The molecule has 1 fully saturated rings. The molecule has 0 aromatic heterocycles. The van der Waals surface area contributed by atoms with Crippen molar-refractivity contribution in [2.75, 3.05) is 33.4 Å². The highest BCUT2D eigenvalue weighted by Gasteiger charge is 2.33. The Bertz CT molecular complexity index is 554. The minimum atomic E-state index is 0.343. The van der Waals surface area contributed by atoms with E-state index in [9.17, 15) is 0 Å². The average molecular weight is 362 g/mol. The molecule has 0 atom stereocenters. The van der Waals surface area contributed by atoms with Gasteiger partial charge in [0.25, 0.3) is 0 Å². The third kappa shape index (κ3) is 6.20. The second-order valence-electron chi connectivity index (χ2n) is 7.01. The second-order valence-corrected chi connectivity index (χ2v) is 7.01. The zero-order valence-electron chi connectivity index (χ0n) is 16.6. The van der Waals surface area contributed by atoms with Crippen LogP contribution >= 0.6 is 0 Å². The first-order valence-corrected chi connectivity index (χ1v) is 9.95. The first-order valence-electron chi connectivity index (χ1n) is 9.95. The van der Waals surface area contributed by atoms with Crippen LogP contribution in [0.25, 0.3) is 0 Å². The van der Waals surface area contributed by atoms with E-state index >= 15 is 0 Å². The molecular weight excluding hydrogens is 326 g/mol. The highest BCUT2D eigenvalue weighted by Crippen LogP contribution is 2.40. The van der Waals surface area contributed by atoms with Gasteiger partial charge in [-0.15, -0.1) is 0 Å². The van der Waals surface area contributed by atoms with Gasteiger partial charge in [-0.25, -0.2) is 4.99 Å². The summed E-state index contributed by atoms with van der Waals surface area (Å²) >= 11 is 0. The largest absolute Gasteiger partial charge is 0.496 e. The number of aliphatic imine (C=N–C) groups is 1. The second kappa shape index (κ2) is 11.1. The number of rotatable bonds is 10. The van der Waals surface area contributed by atoms with E-state index in [-0.39, 0.29) is 0 Å². The number of ether oxygens (including phenoxy) is 2. The summed E-state index contributed by atoms with van der Waals surface area (Å²) in [4.78, 5) is 4.76. The number of guanidine groups is 1. The normalized spacial score (nSPS) is 16.5. The van der Waals surface area contributed by atoms with E-state index in [1.807, 2.05) is 18.2 Å². The molecule has 1 aliphatic carbocycles. The number of benzene rings is 1. The molecule has 1 aromatic rings. The Morgan fingerprint density at radius 3 is 2.62 bits per heavy atom. The van der Waals surface area contributed by atoms with Crippen LogP contribution in [0.4, 0.5) is 0 Å². The summed E-state index contributed by atoms with van der Waals surface area (Å²) in [5, 5.41) is 6.95. The van der Waals surface area contributed by atoms with Gasteiger partial charge in [0.1, 0.15) is 5.75 Å². The summed E-state index contributed by atoms with van der Waals surface area (Å²) in [5.74, 6) is 1.76. The van der Waals surface area contributed by atoms with Gasteiger partial charge >= 0.3 is 0 Å². The van der Waals surface area contributed by atoms with Crippen LogP contribution in [0.2, 0.25) is 0 Å². The first-order chi connectivity index (χ1) is 12.7. The third-order valence-electron chi connectivity index (χ3n) is 5.22. The summed E-state index contributed by atoms with van der Waals surface area (Å²) < 4.78 is 11.0. The first kappa shape index (κ1) is 20.6. The van der Waals surface area contributed by atoms with Gasteiger partial charge in [-0.05, 0) is 44.6 Å². The maximum Gasteiger partial charge on any atom is 0.191 e. The lowest BCUT2D eigenvalue weighted by molar-refractivity contribution is 0.105. The fraction of sp³-hybridized carbons (Fsp3) is 0.667. The van der Waals surface area contributed by atoms with Gasteiger partial charge < -0.3 is 20.1 Å². The summed E-state index contributed by atoms with van der Waals surface area (Å²) in [7, 11) is 1.70. The van der Waals surface area contributed by atoms with E-state index in [0.29, 0.717) is 12.0 Å². The lowest BCUT2D eigenvalue weighted by Crippen LogP contribution is -2.43. The Kier molecular flexibility index (Phi) is 8.75. The molecule has 5 nitrogen and oxygen atoms in total. The number of methoxy groups -OCH3 is 1.